The first-order chi connectivity index (χ1) is 7.40. The highest BCUT2D eigenvalue weighted by molar-refractivity contribution is 5.65. The summed E-state index contributed by atoms with van der Waals surface area (Å²) in [5.74, 6) is 0.828. The number of para-hydroxylation sites is 3. The Morgan fingerprint density at radius 2 is 1.87 bits per heavy atom. The molecule has 2 nitrogen and oxygen atoms in total. The summed E-state index contributed by atoms with van der Waals surface area (Å²) in [6, 6.07) is 18.6. The molecule has 0 saturated carbocycles. The van der Waals surface area contributed by atoms with Crippen LogP contribution in [0.3, 0.4) is 0 Å². The molecule has 0 bridgehead atoms. The van der Waals surface area contributed by atoms with Gasteiger partial charge < -0.3 is 10.1 Å². The van der Waals surface area contributed by atoms with E-state index in [1.54, 1.807) is 7.11 Å². The van der Waals surface area contributed by atoms with Gasteiger partial charge in [-0.2, -0.15) is 0 Å². The molecule has 0 fully saturated rings. The molecule has 0 unspecified atom stereocenters. The molecule has 0 heterocycles. The fourth-order valence-electron chi connectivity index (χ4n) is 1.36. The summed E-state index contributed by atoms with van der Waals surface area (Å²) in [6.07, 6.45) is 0. The Hall–Kier alpha value is -1.96. The van der Waals surface area contributed by atoms with Gasteiger partial charge in [-0.05, 0) is 18.2 Å². The topological polar surface area (TPSA) is 21.3 Å². The van der Waals surface area contributed by atoms with Crippen molar-refractivity contribution in [2.45, 2.75) is 0 Å². The Balaban J connectivity index is 2.24. The van der Waals surface area contributed by atoms with Gasteiger partial charge in [0.1, 0.15) is 5.75 Å². The molecule has 75 valence electrons. The molecule has 0 spiro atoms. The lowest BCUT2D eigenvalue weighted by Gasteiger charge is -2.10. The van der Waals surface area contributed by atoms with E-state index in [-0.39, 0.29) is 0 Å². The zero-order valence-corrected chi connectivity index (χ0v) is 8.53. The minimum atomic E-state index is 0.828. The normalized spacial score (nSPS) is 9.67. The Bertz CT molecular complexity index is 426. The number of ether oxygens (including phenoxy) is 1. The maximum atomic E-state index is 5.24. The molecule has 0 aliphatic heterocycles. The second kappa shape index (κ2) is 4.51. The van der Waals surface area contributed by atoms with Gasteiger partial charge in [0, 0.05) is 11.8 Å². The number of hydrogen-bond donors (Lipinski definition) is 1. The van der Waals surface area contributed by atoms with Gasteiger partial charge in [0.15, 0.2) is 0 Å². The summed E-state index contributed by atoms with van der Waals surface area (Å²) in [7, 11) is 1.66. The fraction of sp³-hybridized carbons (Fsp3) is 0.0769. The summed E-state index contributed by atoms with van der Waals surface area (Å²) in [6.45, 7) is 0. The summed E-state index contributed by atoms with van der Waals surface area (Å²) >= 11 is 0. The van der Waals surface area contributed by atoms with E-state index < -0.39 is 0 Å². The molecule has 0 aliphatic rings. The van der Waals surface area contributed by atoms with Crippen molar-refractivity contribution in [2.75, 3.05) is 12.4 Å². The first-order valence-corrected chi connectivity index (χ1v) is 4.77. The van der Waals surface area contributed by atoms with Crippen LogP contribution in [0.5, 0.6) is 5.75 Å². The quantitative estimate of drug-likeness (QED) is 0.817. The Labute approximate surface area is 89.5 Å². The van der Waals surface area contributed by atoms with E-state index in [1.807, 2.05) is 48.5 Å². The summed E-state index contributed by atoms with van der Waals surface area (Å²) in [4.78, 5) is 0. The van der Waals surface area contributed by atoms with E-state index in [4.69, 9.17) is 4.74 Å². The van der Waals surface area contributed by atoms with Crippen molar-refractivity contribution < 1.29 is 4.74 Å². The van der Waals surface area contributed by atoms with Crippen molar-refractivity contribution in [3.63, 3.8) is 0 Å². The van der Waals surface area contributed by atoms with Crippen LogP contribution in [0, 0.1) is 6.07 Å². The van der Waals surface area contributed by atoms with Gasteiger partial charge in [0.05, 0.1) is 12.8 Å². The van der Waals surface area contributed by atoms with E-state index in [0.717, 1.165) is 17.1 Å². The van der Waals surface area contributed by atoms with Crippen molar-refractivity contribution in [1.29, 1.82) is 0 Å². The average molecular weight is 198 g/mol. The zero-order chi connectivity index (χ0) is 10.5. The van der Waals surface area contributed by atoms with Gasteiger partial charge in [-0.15, -0.1) is 0 Å². The largest absolute Gasteiger partial charge is 0.495 e. The lowest BCUT2D eigenvalue weighted by Crippen LogP contribution is -1.93. The summed E-state index contributed by atoms with van der Waals surface area (Å²) < 4.78 is 5.24. The van der Waals surface area contributed by atoms with Crippen molar-refractivity contribution in [3.8, 4) is 5.75 Å². The Kier molecular flexibility index (Phi) is 2.88. The Morgan fingerprint density at radius 1 is 1.07 bits per heavy atom. The summed E-state index contributed by atoms with van der Waals surface area (Å²) in [5.41, 5.74) is 1.88. The van der Waals surface area contributed by atoms with Crippen LogP contribution in [0.4, 0.5) is 11.4 Å². The molecule has 1 N–H and O–H groups in total. The van der Waals surface area contributed by atoms with Crippen molar-refractivity contribution >= 4 is 11.4 Å². The molecule has 0 aliphatic carbocycles. The van der Waals surface area contributed by atoms with E-state index >= 15 is 0 Å². The Morgan fingerprint density at radius 3 is 2.60 bits per heavy atom. The predicted octanol–water partition coefficient (Wildman–Crippen LogP) is 3.24. The van der Waals surface area contributed by atoms with Crippen molar-refractivity contribution in [1.82, 2.24) is 0 Å². The molecule has 2 aromatic rings. The maximum Gasteiger partial charge on any atom is 0.142 e. The molecule has 0 saturated heterocycles. The van der Waals surface area contributed by atoms with Gasteiger partial charge in [-0.25, -0.2) is 0 Å². The number of rotatable bonds is 3. The molecule has 0 aromatic heterocycles. The van der Waals surface area contributed by atoms with Crippen LogP contribution in [-0.2, 0) is 0 Å². The van der Waals surface area contributed by atoms with Crippen LogP contribution in [0.1, 0.15) is 0 Å². The molecular weight excluding hydrogens is 186 g/mol. The highest BCUT2D eigenvalue weighted by Crippen LogP contribution is 2.26. The van der Waals surface area contributed by atoms with Crippen LogP contribution in [0.25, 0.3) is 0 Å². The van der Waals surface area contributed by atoms with Gasteiger partial charge in [-0.1, -0.05) is 30.3 Å². The molecule has 0 atom stereocenters. The van der Waals surface area contributed by atoms with Crippen molar-refractivity contribution in [3.05, 3.63) is 54.6 Å². The highest BCUT2D eigenvalue weighted by atomic mass is 16.5. The molecule has 0 amide bonds. The first-order valence-electron chi connectivity index (χ1n) is 4.77. The SMILES string of the molecule is COc1ccccc1Nc1[c]cccc1. The van der Waals surface area contributed by atoms with E-state index in [0.29, 0.717) is 0 Å². The predicted molar refractivity (Wildman–Crippen MR) is 61.6 cm³/mol. The minimum absolute atomic E-state index is 0.828. The first kappa shape index (κ1) is 9.59. The van der Waals surface area contributed by atoms with Crippen LogP contribution in [0.2, 0.25) is 0 Å². The maximum absolute atomic E-state index is 5.24. The lowest BCUT2D eigenvalue weighted by molar-refractivity contribution is 0.417. The minimum Gasteiger partial charge on any atom is -0.495 e. The smallest absolute Gasteiger partial charge is 0.142 e. The van der Waals surface area contributed by atoms with Gasteiger partial charge >= 0.3 is 0 Å². The van der Waals surface area contributed by atoms with Crippen molar-refractivity contribution in [2.24, 2.45) is 0 Å². The van der Waals surface area contributed by atoms with E-state index in [2.05, 4.69) is 11.4 Å². The van der Waals surface area contributed by atoms with Crippen LogP contribution in [-0.4, -0.2) is 7.11 Å². The molecule has 15 heavy (non-hydrogen) atoms. The van der Waals surface area contributed by atoms with Gasteiger partial charge in [-0.3, -0.25) is 0 Å². The van der Waals surface area contributed by atoms with E-state index in [1.165, 1.54) is 0 Å². The standard InChI is InChI=1S/C13H12NO/c1-15-13-10-6-5-9-12(13)14-11-7-3-2-4-8-11/h2-7,9-10,14H,1H3. The number of hydrogen-bond acceptors (Lipinski definition) is 2. The van der Waals surface area contributed by atoms with Crippen LogP contribution < -0.4 is 10.1 Å². The average Bonchev–Trinajstić information content (AvgIpc) is 2.31. The van der Waals surface area contributed by atoms with Gasteiger partial charge in [0.25, 0.3) is 0 Å². The fourth-order valence-corrected chi connectivity index (χ4v) is 1.36. The van der Waals surface area contributed by atoms with Gasteiger partial charge in [0.2, 0.25) is 0 Å². The second-order valence-corrected chi connectivity index (χ2v) is 3.10. The molecule has 1 radical (unpaired) electrons. The molecular formula is C13H12NO. The third-order valence-corrected chi connectivity index (χ3v) is 2.09. The number of anilines is 2. The number of nitrogens with one attached hydrogen (secondary N) is 1. The third kappa shape index (κ3) is 2.29. The number of methoxy groups -OCH3 is 1. The molecule has 2 heteroatoms. The lowest BCUT2D eigenvalue weighted by atomic mass is 10.2. The third-order valence-electron chi connectivity index (χ3n) is 2.09. The van der Waals surface area contributed by atoms with Crippen LogP contribution in [0.15, 0.2) is 48.5 Å². The molecule has 2 aromatic carbocycles. The van der Waals surface area contributed by atoms with E-state index in [9.17, 15) is 0 Å². The monoisotopic (exact) mass is 198 g/mol. The van der Waals surface area contributed by atoms with Crippen LogP contribution >= 0.6 is 0 Å². The summed E-state index contributed by atoms with van der Waals surface area (Å²) in [5, 5.41) is 3.24. The highest BCUT2D eigenvalue weighted by Gasteiger charge is 2.00. The second-order valence-electron chi connectivity index (χ2n) is 3.10. The number of benzene rings is 2. The zero-order valence-electron chi connectivity index (χ0n) is 8.53. The molecule has 2 rings (SSSR count).